The minimum absolute atomic E-state index is 0.261. The molecule has 0 aliphatic heterocycles. The van der Waals surface area contributed by atoms with Crippen molar-refractivity contribution in [1.82, 2.24) is 0 Å². The first-order valence-electron chi connectivity index (χ1n) is 5.13. The Morgan fingerprint density at radius 2 is 2.18 bits per heavy atom. The SMILES string of the molecule is NC(=O)Nc1cccc(C(O)C(O)CCCl)c1. The Morgan fingerprint density at radius 3 is 2.76 bits per heavy atom. The van der Waals surface area contributed by atoms with Crippen LogP contribution in [0.3, 0.4) is 0 Å². The van der Waals surface area contributed by atoms with Gasteiger partial charge in [-0.25, -0.2) is 4.79 Å². The molecular formula is C11H15ClN2O3. The number of alkyl halides is 1. The molecule has 0 saturated carbocycles. The molecule has 1 aromatic rings. The van der Waals surface area contributed by atoms with Gasteiger partial charge in [-0.2, -0.15) is 0 Å². The number of carbonyl (C=O) groups is 1. The molecule has 94 valence electrons. The Kier molecular flexibility index (Phi) is 5.21. The van der Waals surface area contributed by atoms with Gasteiger partial charge in [-0.15, -0.1) is 11.6 Å². The molecule has 0 bridgehead atoms. The van der Waals surface area contributed by atoms with Crippen LogP contribution in [0.15, 0.2) is 24.3 Å². The maximum Gasteiger partial charge on any atom is 0.316 e. The Labute approximate surface area is 104 Å². The largest absolute Gasteiger partial charge is 0.390 e. The highest BCUT2D eigenvalue weighted by atomic mass is 35.5. The molecule has 2 amide bonds. The summed E-state index contributed by atoms with van der Waals surface area (Å²) in [6, 6.07) is 5.80. The van der Waals surface area contributed by atoms with E-state index in [9.17, 15) is 15.0 Å². The Bertz CT molecular complexity index is 387. The van der Waals surface area contributed by atoms with Crippen molar-refractivity contribution in [3.63, 3.8) is 0 Å². The molecule has 0 heterocycles. The van der Waals surface area contributed by atoms with Crippen molar-refractivity contribution in [1.29, 1.82) is 0 Å². The third-order valence-corrected chi connectivity index (χ3v) is 2.48. The number of aliphatic hydroxyl groups is 2. The predicted molar refractivity (Wildman–Crippen MR) is 66.0 cm³/mol. The topological polar surface area (TPSA) is 95.6 Å². The lowest BCUT2D eigenvalue weighted by Crippen LogP contribution is -2.21. The van der Waals surface area contributed by atoms with E-state index in [2.05, 4.69) is 5.32 Å². The van der Waals surface area contributed by atoms with Gasteiger partial charge < -0.3 is 21.3 Å². The molecule has 17 heavy (non-hydrogen) atoms. The molecule has 0 aliphatic carbocycles. The molecular weight excluding hydrogens is 244 g/mol. The van der Waals surface area contributed by atoms with Gasteiger partial charge in [0.05, 0.1) is 6.10 Å². The molecule has 0 fully saturated rings. The number of amides is 2. The van der Waals surface area contributed by atoms with Crippen LogP contribution in [-0.4, -0.2) is 28.2 Å². The van der Waals surface area contributed by atoms with Crippen LogP contribution in [0.5, 0.6) is 0 Å². The summed E-state index contributed by atoms with van der Waals surface area (Å²) in [5, 5.41) is 21.8. The number of urea groups is 1. The molecule has 0 saturated heterocycles. The minimum Gasteiger partial charge on any atom is -0.390 e. The molecule has 0 radical (unpaired) electrons. The van der Waals surface area contributed by atoms with Gasteiger partial charge in [-0.05, 0) is 24.1 Å². The number of carbonyl (C=O) groups excluding carboxylic acids is 1. The number of halogens is 1. The Hall–Kier alpha value is -1.30. The lowest BCUT2D eigenvalue weighted by molar-refractivity contribution is 0.0170. The van der Waals surface area contributed by atoms with Crippen LogP contribution in [0.4, 0.5) is 10.5 Å². The fourth-order valence-electron chi connectivity index (χ4n) is 1.43. The van der Waals surface area contributed by atoms with Crippen LogP contribution in [0.2, 0.25) is 0 Å². The van der Waals surface area contributed by atoms with E-state index in [1.54, 1.807) is 24.3 Å². The van der Waals surface area contributed by atoms with Crippen molar-refractivity contribution >= 4 is 23.3 Å². The minimum atomic E-state index is -1.04. The van der Waals surface area contributed by atoms with Crippen LogP contribution in [-0.2, 0) is 0 Å². The van der Waals surface area contributed by atoms with Crippen molar-refractivity contribution < 1.29 is 15.0 Å². The first-order chi connectivity index (χ1) is 8.04. The lowest BCUT2D eigenvalue weighted by atomic mass is 10.0. The van der Waals surface area contributed by atoms with Crippen LogP contribution < -0.4 is 11.1 Å². The summed E-state index contributed by atoms with van der Waals surface area (Å²) in [6.07, 6.45) is -1.68. The molecule has 0 aromatic heterocycles. The van der Waals surface area contributed by atoms with Gasteiger partial charge in [-0.3, -0.25) is 0 Å². The summed E-state index contributed by atoms with van der Waals surface area (Å²) in [5.74, 6) is 0.261. The second kappa shape index (κ2) is 6.44. The van der Waals surface area contributed by atoms with Gasteiger partial charge in [0.1, 0.15) is 6.10 Å². The van der Waals surface area contributed by atoms with Crippen LogP contribution in [0.1, 0.15) is 18.1 Å². The first-order valence-corrected chi connectivity index (χ1v) is 5.66. The van der Waals surface area contributed by atoms with E-state index >= 15 is 0 Å². The maximum atomic E-state index is 10.7. The lowest BCUT2D eigenvalue weighted by Gasteiger charge is -2.17. The molecule has 6 heteroatoms. The average molecular weight is 259 g/mol. The molecule has 2 unspecified atom stereocenters. The molecule has 2 atom stereocenters. The fourth-order valence-corrected chi connectivity index (χ4v) is 1.66. The summed E-state index contributed by atoms with van der Waals surface area (Å²) in [6.45, 7) is 0. The van der Waals surface area contributed by atoms with Gasteiger partial charge in [-0.1, -0.05) is 12.1 Å². The van der Waals surface area contributed by atoms with Gasteiger partial charge in [0, 0.05) is 11.6 Å². The first kappa shape index (κ1) is 13.8. The van der Waals surface area contributed by atoms with Gasteiger partial charge in [0.2, 0.25) is 0 Å². The normalized spacial score (nSPS) is 14.1. The van der Waals surface area contributed by atoms with Crippen molar-refractivity contribution in [3.8, 4) is 0 Å². The molecule has 5 N–H and O–H groups in total. The van der Waals surface area contributed by atoms with Crippen molar-refractivity contribution in [2.45, 2.75) is 18.6 Å². The number of aliphatic hydroxyl groups excluding tert-OH is 2. The summed E-state index contributed by atoms with van der Waals surface area (Å²) < 4.78 is 0. The van der Waals surface area contributed by atoms with Gasteiger partial charge in [0.25, 0.3) is 0 Å². The monoisotopic (exact) mass is 258 g/mol. The molecule has 5 nitrogen and oxygen atoms in total. The van der Waals surface area contributed by atoms with Crippen molar-refractivity contribution in [2.75, 3.05) is 11.2 Å². The maximum absolute atomic E-state index is 10.7. The quantitative estimate of drug-likeness (QED) is 0.598. The molecule has 0 aliphatic rings. The number of benzene rings is 1. The van der Waals surface area contributed by atoms with Crippen LogP contribution >= 0.6 is 11.6 Å². The number of hydrogen-bond acceptors (Lipinski definition) is 3. The van der Waals surface area contributed by atoms with E-state index < -0.39 is 18.2 Å². The number of hydrogen-bond donors (Lipinski definition) is 4. The Morgan fingerprint density at radius 1 is 1.47 bits per heavy atom. The van der Waals surface area contributed by atoms with E-state index in [1.807, 2.05) is 0 Å². The average Bonchev–Trinajstić information content (AvgIpc) is 2.28. The van der Waals surface area contributed by atoms with E-state index in [-0.39, 0.29) is 12.3 Å². The number of nitrogens with one attached hydrogen (secondary N) is 1. The van der Waals surface area contributed by atoms with E-state index in [4.69, 9.17) is 17.3 Å². The van der Waals surface area contributed by atoms with Crippen LogP contribution in [0, 0.1) is 0 Å². The number of primary amides is 1. The third-order valence-electron chi connectivity index (χ3n) is 2.27. The molecule has 0 spiro atoms. The highest BCUT2D eigenvalue weighted by molar-refractivity contribution is 6.17. The second-order valence-electron chi connectivity index (χ2n) is 3.60. The number of nitrogens with two attached hydrogens (primary N) is 1. The summed E-state index contributed by atoms with van der Waals surface area (Å²) in [4.78, 5) is 10.7. The smallest absolute Gasteiger partial charge is 0.316 e. The summed E-state index contributed by atoms with van der Waals surface area (Å²) in [7, 11) is 0. The third kappa shape index (κ3) is 4.22. The fraction of sp³-hybridized carbons (Fsp3) is 0.364. The van der Waals surface area contributed by atoms with Crippen LogP contribution in [0.25, 0.3) is 0 Å². The van der Waals surface area contributed by atoms with Gasteiger partial charge in [0.15, 0.2) is 0 Å². The second-order valence-corrected chi connectivity index (χ2v) is 3.98. The highest BCUT2D eigenvalue weighted by Crippen LogP contribution is 2.22. The summed E-state index contributed by atoms with van der Waals surface area (Å²) in [5.41, 5.74) is 5.94. The Balaban J connectivity index is 2.79. The van der Waals surface area contributed by atoms with Crippen molar-refractivity contribution in [3.05, 3.63) is 29.8 Å². The number of anilines is 1. The van der Waals surface area contributed by atoms with E-state index in [0.29, 0.717) is 11.3 Å². The van der Waals surface area contributed by atoms with Gasteiger partial charge >= 0.3 is 6.03 Å². The van der Waals surface area contributed by atoms with E-state index in [1.165, 1.54) is 0 Å². The van der Waals surface area contributed by atoms with E-state index in [0.717, 1.165) is 0 Å². The zero-order chi connectivity index (χ0) is 12.8. The zero-order valence-corrected chi connectivity index (χ0v) is 9.89. The highest BCUT2D eigenvalue weighted by Gasteiger charge is 2.17. The summed E-state index contributed by atoms with van der Waals surface area (Å²) >= 11 is 5.48. The number of rotatable bonds is 5. The molecule has 1 rings (SSSR count). The standard InChI is InChI=1S/C11H15ClN2O3/c12-5-4-9(15)10(16)7-2-1-3-8(6-7)14-11(13)17/h1-3,6,9-10,15-16H,4-5H2,(H3,13,14,17). The van der Waals surface area contributed by atoms with Crippen molar-refractivity contribution in [2.24, 2.45) is 5.73 Å². The molecule has 1 aromatic carbocycles. The predicted octanol–water partition coefficient (Wildman–Crippen LogP) is 1.20. The zero-order valence-electron chi connectivity index (χ0n) is 9.14.